The summed E-state index contributed by atoms with van der Waals surface area (Å²) in [5, 5.41) is 2.13. The lowest BCUT2D eigenvalue weighted by molar-refractivity contribution is -0.118. The van der Waals surface area contributed by atoms with E-state index in [9.17, 15) is 4.79 Å². The van der Waals surface area contributed by atoms with E-state index in [1.807, 2.05) is 73.7 Å². The molecule has 32 heavy (non-hydrogen) atoms. The number of hydrogen-bond acceptors (Lipinski definition) is 4. The van der Waals surface area contributed by atoms with Crippen molar-refractivity contribution in [2.45, 2.75) is 31.2 Å². The number of aryl methyl sites for hydroxylation is 1. The number of thiazole rings is 1. The van der Waals surface area contributed by atoms with Gasteiger partial charge in [-0.05, 0) is 66.6 Å². The van der Waals surface area contributed by atoms with E-state index >= 15 is 0 Å². The number of hydrogen-bond donors (Lipinski definition) is 0. The quantitative estimate of drug-likeness (QED) is 0.181. The molecular weight excluding hydrogens is 479 g/mol. The molecule has 1 aromatic heterocycles. The number of anilines is 1. The van der Waals surface area contributed by atoms with Crippen molar-refractivity contribution in [3.63, 3.8) is 0 Å². The highest BCUT2D eigenvalue weighted by Gasteiger charge is 2.20. The molecule has 1 amide bonds. The summed E-state index contributed by atoms with van der Waals surface area (Å²) in [6.45, 7) is 2.49. The van der Waals surface area contributed by atoms with Crippen LogP contribution >= 0.6 is 46.3 Å². The highest BCUT2D eigenvalue weighted by atomic mass is 35.5. The molecular formula is C25H22Cl2N2OS2. The van der Waals surface area contributed by atoms with Crippen molar-refractivity contribution in [1.29, 1.82) is 0 Å². The minimum Gasteiger partial charge on any atom is -0.284 e. The van der Waals surface area contributed by atoms with E-state index in [2.05, 4.69) is 0 Å². The van der Waals surface area contributed by atoms with Crippen LogP contribution in [0, 0.1) is 6.92 Å². The Morgan fingerprint density at radius 2 is 1.78 bits per heavy atom. The van der Waals surface area contributed by atoms with Gasteiger partial charge in [-0.1, -0.05) is 64.9 Å². The molecule has 3 aromatic carbocycles. The monoisotopic (exact) mass is 500 g/mol. The molecule has 0 aliphatic rings. The van der Waals surface area contributed by atoms with Crippen molar-refractivity contribution >= 4 is 67.6 Å². The molecule has 3 nitrogen and oxygen atoms in total. The van der Waals surface area contributed by atoms with Crippen LogP contribution < -0.4 is 4.90 Å². The van der Waals surface area contributed by atoms with E-state index in [0.29, 0.717) is 23.1 Å². The summed E-state index contributed by atoms with van der Waals surface area (Å²) < 4.78 is 0.995. The van der Waals surface area contributed by atoms with Crippen LogP contribution in [0.15, 0.2) is 71.6 Å². The Balaban J connectivity index is 1.49. The van der Waals surface area contributed by atoms with Gasteiger partial charge in [-0.3, -0.25) is 9.69 Å². The minimum absolute atomic E-state index is 0.0772. The zero-order chi connectivity index (χ0) is 22.5. The molecule has 1 heterocycles. The Morgan fingerprint density at radius 1 is 1.03 bits per heavy atom. The summed E-state index contributed by atoms with van der Waals surface area (Å²) in [4.78, 5) is 21.0. The lowest BCUT2D eigenvalue weighted by atomic mass is 10.2. The fourth-order valence-corrected chi connectivity index (χ4v) is 5.78. The third kappa shape index (κ3) is 5.84. The van der Waals surface area contributed by atoms with Gasteiger partial charge in [0.2, 0.25) is 5.91 Å². The molecule has 4 aromatic rings. The second-order valence-corrected chi connectivity index (χ2v) is 10.5. The number of nitrogens with zero attached hydrogens (tertiary/aromatic N) is 2. The van der Waals surface area contributed by atoms with Gasteiger partial charge in [0.15, 0.2) is 5.13 Å². The van der Waals surface area contributed by atoms with Crippen LogP contribution in [-0.2, 0) is 11.3 Å². The minimum atomic E-state index is 0.0772. The molecule has 0 atom stereocenters. The van der Waals surface area contributed by atoms with Crippen LogP contribution in [0.1, 0.15) is 24.0 Å². The van der Waals surface area contributed by atoms with E-state index in [0.717, 1.165) is 43.4 Å². The van der Waals surface area contributed by atoms with E-state index in [1.165, 1.54) is 11.3 Å². The molecule has 0 bridgehead atoms. The number of carbonyl (C=O) groups excluding carboxylic acids is 1. The summed E-state index contributed by atoms with van der Waals surface area (Å²) in [6, 6.07) is 21.6. The Kier molecular flexibility index (Phi) is 7.74. The molecule has 0 unspecified atom stereocenters. The highest BCUT2D eigenvalue weighted by Crippen LogP contribution is 2.34. The Bertz CT molecular complexity index is 1210. The molecule has 0 aliphatic carbocycles. The number of halogens is 2. The third-order valence-corrected chi connectivity index (χ3v) is 7.57. The first-order valence-corrected chi connectivity index (χ1v) is 12.8. The van der Waals surface area contributed by atoms with Gasteiger partial charge in [0, 0.05) is 21.4 Å². The molecule has 0 spiro atoms. The molecule has 4 rings (SSSR count). The third-order valence-electron chi connectivity index (χ3n) is 4.97. The number of benzene rings is 3. The zero-order valence-electron chi connectivity index (χ0n) is 17.6. The summed E-state index contributed by atoms with van der Waals surface area (Å²) in [5.74, 6) is 0.939. The van der Waals surface area contributed by atoms with Crippen LogP contribution in [0.4, 0.5) is 5.13 Å². The molecule has 0 saturated heterocycles. The van der Waals surface area contributed by atoms with Crippen LogP contribution in [0.3, 0.4) is 0 Å². The van der Waals surface area contributed by atoms with E-state index < -0.39 is 0 Å². The first-order valence-electron chi connectivity index (χ1n) is 10.3. The molecule has 0 radical (unpaired) electrons. The molecule has 0 aliphatic heterocycles. The van der Waals surface area contributed by atoms with E-state index in [1.54, 1.807) is 16.7 Å². The van der Waals surface area contributed by atoms with Gasteiger partial charge in [-0.25, -0.2) is 4.98 Å². The molecule has 0 saturated carbocycles. The maximum atomic E-state index is 13.3. The van der Waals surface area contributed by atoms with Crippen molar-refractivity contribution in [2.75, 3.05) is 10.7 Å². The van der Waals surface area contributed by atoms with Crippen molar-refractivity contribution in [1.82, 2.24) is 4.98 Å². The highest BCUT2D eigenvalue weighted by molar-refractivity contribution is 7.99. The van der Waals surface area contributed by atoms with Crippen molar-refractivity contribution in [3.05, 3.63) is 87.9 Å². The average molecular weight is 502 g/mol. The summed E-state index contributed by atoms with van der Waals surface area (Å²) in [5.41, 5.74) is 2.99. The fraction of sp³-hybridized carbons (Fsp3) is 0.200. The van der Waals surface area contributed by atoms with Gasteiger partial charge in [-0.2, -0.15) is 0 Å². The van der Waals surface area contributed by atoms with Gasteiger partial charge in [0.05, 0.1) is 16.8 Å². The zero-order valence-corrected chi connectivity index (χ0v) is 20.7. The predicted molar refractivity (Wildman–Crippen MR) is 138 cm³/mol. The topological polar surface area (TPSA) is 33.2 Å². The first-order chi connectivity index (χ1) is 15.5. The predicted octanol–water partition coefficient (Wildman–Crippen LogP) is 8.02. The van der Waals surface area contributed by atoms with Crippen LogP contribution in [0.2, 0.25) is 10.0 Å². The number of rotatable bonds is 8. The van der Waals surface area contributed by atoms with Gasteiger partial charge >= 0.3 is 0 Å². The van der Waals surface area contributed by atoms with Gasteiger partial charge < -0.3 is 0 Å². The number of amides is 1. The number of carbonyl (C=O) groups is 1. The van der Waals surface area contributed by atoms with Crippen LogP contribution in [0.5, 0.6) is 0 Å². The van der Waals surface area contributed by atoms with E-state index in [-0.39, 0.29) is 5.91 Å². The van der Waals surface area contributed by atoms with Crippen LogP contribution in [-0.4, -0.2) is 16.6 Å². The maximum absolute atomic E-state index is 13.3. The Hall–Kier alpha value is -2.05. The van der Waals surface area contributed by atoms with E-state index in [4.69, 9.17) is 28.2 Å². The second kappa shape index (κ2) is 10.7. The average Bonchev–Trinajstić information content (AvgIpc) is 3.21. The number of thioether (sulfide) groups is 1. The smallest absolute Gasteiger partial charge is 0.229 e. The SMILES string of the molecule is Cc1cc(Cl)cc2sc(N(Cc3ccccc3)C(=O)CCCSc3ccc(Cl)cc3)nc12. The second-order valence-electron chi connectivity index (χ2n) is 7.44. The van der Waals surface area contributed by atoms with Gasteiger partial charge in [-0.15, -0.1) is 11.8 Å². The van der Waals surface area contributed by atoms with Crippen LogP contribution in [0.25, 0.3) is 10.2 Å². The fourth-order valence-electron chi connectivity index (χ4n) is 3.37. The largest absolute Gasteiger partial charge is 0.284 e. The van der Waals surface area contributed by atoms with Crippen molar-refractivity contribution in [3.8, 4) is 0 Å². The molecule has 0 N–H and O–H groups in total. The molecule has 164 valence electrons. The van der Waals surface area contributed by atoms with Gasteiger partial charge in [0.25, 0.3) is 0 Å². The molecule has 7 heteroatoms. The maximum Gasteiger partial charge on any atom is 0.229 e. The van der Waals surface area contributed by atoms with Crippen molar-refractivity contribution in [2.24, 2.45) is 0 Å². The molecule has 0 fully saturated rings. The lowest BCUT2D eigenvalue weighted by Gasteiger charge is -2.20. The number of fused-ring (bicyclic) bond motifs is 1. The van der Waals surface area contributed by atoms with Gasteiger partial charge in [0.1, 0.15) is 0 Å². The summed E-state index contributed by atoms with van der Waals surface area (Å²) in [7, 11) is 0. The summed E-state index contributed by atoms with van der Waals surface area (Å²) in [6.07, 6.45) is 1.25. The normalized spacial score (nSPS) is 11.1. The van der Waals surface area contributed by atoms with Crippen molar-refractivity contribution < 1.29 is 4.79 Å². The summed E-state index contributed by atoms with van der Waals surface area (Å²) >= 11 is 15.4. The number of aromatic nitrogens is 1. The lowest BCUT2D eigenvalue weighted by Crippen LogP contribution is -2.30. The standard InChI is InChI=1S/C25H22Cl2N2OS2/c1-17-14-20(27)15-22-24(17)28-25(32-22)29(16-18-6-3-2-4-7-18)23(30)8-5-13-31-21-11-9-19(26)10-12-21/h2-4,6-7,9-12,14-15H,5,8,13,16H2,1H3. The Labute approximate surface area is 206 Å². The first kappa shape index (κ1) is 23.1. The Morgan fingerprint density at radius 3 is 2.53 bits per heavy atom.